The van der Waals surface area contributed by atoms with Crippen LogP contribution in [0, 0.1) is 0 Å². The van der Waals surface area contributed by atoms with Gasteiger partial charge in [0.1, 0.15) is 6.73 Å². The van der Waals surface area contributed by atoms with Crippen LogP contribution in [-0.2, 0) is 4.43 Å². The Morgan fingerprint density at radius 2 is 2.38 bits per heavy atom. The number of nitrogens with zero attached hydrogens (tertiary/aromatic N) is 1. The summed E-state index contributed by atoms with van der Waals surface area (Å²) >= 11 is 4.32. The Morgan fingerprint density at radius 3 is 2.75 bits per heavy atom. The normalized spacial score (nSPS) is 8.88. The van der Waals surface area contributed by atoms with Gasteiger partial charge >= 0.3 is 0 Å². The van der Waals surface area contributed by atoms with Crippen LogP contribution in [0.15, 0.2) is 4.99 Å². The summed E-state index contributed by atoms with van der Waals surface area (Å²) < 4.78 is 5.09. The molecule has 4 heteroatoms. The third-order valence-electron chi connectivity index (χ3n) is 0.482. The minimum Gasteiger partial charge on any atom is -0.398 e. The minimum absolute atomic E-state index is 0.380. The van der Waals surface area contributed by atoms with E-state index in [1.54, 1.807) is 0 Å². The lowest BCUT2D eigenvalue weighted by atomic mass is 11.3. The van der Waals surface area contributed by atoms with Crippen molar-refractivity contribution in [2.24, 2.45) is 4.99 Å². The van der Waals surface area contributed by atoms with Crippen LogP contribution in [0.2, 0.25) is 13.1 Å². The van der Waals surface area contributed by atoms with Crippen molar-refractivity contribution in [1.29, 1.82) is 0 Å². The Morgan fingerprint density at radius 1 is 1.75 bits per heavy atom. The van der Waals surface area contributed by atoms with Gasteiger partial charge in [-0.3, -0.25) is 0 Å². The predicted molar refractivity (Wildman–Crippen MR) is 38.5 cm³/mol. The Balaban J connectivity index is 3.05. The largest absolute Gasteiger partial charge is 0.398 e. The highest BCUT2D eigenvalue weighted by atomic mass is 32.1. The predicted octanol–water partition coefficient (Wildman–Crippen LogP) is 1.31. The van der Waals surface area contributed by atoms with Gasteiger partial charge in [0.15, 0.2) is 0 Å². The molecule has 0 rings (SSSR count). The molecular formula is C4H8NOSSi. The van der Waals surface area contributed by atoms with E-state index < -0.39 is 9.04 Å². The molecule has 0 aromatic heterocycles. The van der Waals surface area contributed by atoms with Crippen LogP contribution in [0.25, 0.3) is 0 Å². The Hall–Kier alpha value is -0.0231. The van der Waals surface area contributed by atoms with Crippen LogP contribution in [0.4, 0.5) is 0 Å². The van der Waals surface area contributed by atoms with Gasteiger partial charge in [0, 0.05) is 0 Å². The molecule has 0 N–H and O–H groups in total. The van der Waals surface area contributed by atoms with Gasteiger partial charge in [-0.05, 0) is 25.3 Å². The number of hydrogen-bond donors (Lipinski definition) is 0. The molecule has 0 saturated carbocycles. The molecule has 0 saturated heterocycles. The molecule has 8 heavy (non-hydrogen) atoms. The molecule has 1 radical (unpaired) electrons. The topological polar surface area (TPSA) is 21.6 Å². The van der Waals surface area contributed by atoms with Crippen LogP contribution in [-0.4, -0.2) is 20.9 Å². The van der Waals surface area contributed by atoms with Gasteiger partial charge in [-0.15, -0.1) is 0 Å². The molecule has 0 bridgehead atoms. The summed E-state index contributed by atoms with van der Waals surface area (Å²) in [7, 11) is -0.587. The summed E-state index contributed by atoms with van der Waals surface area (Å²) in [6.07, 6.45) is 0. The van der Waals surface area contributed by atoms with E-state index in [1.165, 1.54) is 0 Å². The van der Waals surface area contributed by atoms with Crippen molar-refractivity contribution in [2.45, 2.75) is 13.1 Å². The maximum absolute atomic E-state index is 5.09. The van der Waals surface area contributed by atoms with Crippen molar-refractivity contribution in [3.8, 4) is 0 Å². The van der Waals surface area contributed by atoms with Gasteiger partial charge < -0.3 is 4.43 Å². The van der Waals surface area contributed by atoms with Crippen molar-refractivity contribution in [2.75, 3.05) is 6.73 Å². The molecule has 0 aromatic carbocycles. The average molecular weight is 146 g/mol. The summed E-state index contributed by atoms with van der Waals surface area (Å²) in [4.78, 5) is 3.58. The van der Waals surface area contributed by atoms with E-state index in [-0.39, 0.29) is 0 Å². The van der Waals surface area contributed by atoms with E-state index >= 15 is 0 Å². The van der Waals surface area contributed by atoms with Crippen LogP contribution in [0.1, 0.15) is 0 Å². The fourth-order valence-electron chi connectivity index (χ4n) is 0.188. The second kappa shape index (κ2) is 5.12. The molecule has 0 aliphatic rings. The smallest absolute Gasteiger partial charge is 0.207 e. The lowest BCUT2D eigenvalue weighted by molar-refractivity contribution is 0.342. The maximum Gasteiger partial charge on any atom is 0.207 e. The quantitative estimate of drug-likeness (QED) is 0.340. The molecule has 0 aliphatic heterocycles. The van der Waals surface area contributed by atoms with Crippen LogP contribution >= 0.6 is 12.2 Å². The van der Waals surface area contributed by atoms with E-state index in [2.05, 4.69) is 22.4 Å². The molecule has 45 valence electrons. The van der Waals surface area contributed by atoms with Crippen molar-refractivity contribution < 1.29 is 4.43 Å². The van der Waals surface area contributed by atoms with Crippen LogP contribution in [0.3, 0.4) is 0 Å². The summed E-state index contributed by atoms with van der Waals surface area (Å²) in [6.45, 7) is 4.47. The third-order valence-corrected chi connectivity index (χ3v) is 1.32. The van der Waals surface area contributed by atoms with E-state index in [0.29, 0.717) is 6.73 Å². The van der Waals surface area contributed by atoms with Gasteiger partial charge in [0.2, 0.25) is 9.04 Å². The molecule has 0 spiro atoms. The van der Waals surface area contributed by atoms with Gasteiger partial charge in [-0.1, -0.05) is 0 Å². The molecule has 0 amide bonds. The number of thiocarbonyl (C=S) groups is 1. The van der Waals surface area contributed by atoms with E-state index in [0.717, 1.165) is 0 Å². The molecule has 0 aliphatic carbocycles. The highest BCUT2D eigenvalue weighted by Crippen LogP contribution is 1.81. The number of isothiocyanates is 1. The van der Waals surface area contributed by atoms with Crippen molar-refractivity contribution >= 4 is 26.4 Å². The molecule has 0 atom stereocenters. The second-order valence-corrected chi connectivity index (χ2v) is 3.72. The fourth-order valence-corrected chi connectivity index (χ4v) is 0.563. The first-order valence-corrected chi connectivity index (χ1v) is 5.05. The zero-order chi connectivity index (χ0) is 6.41. The maximum atomic E-state index is 5.09. The molecule has 0 aromatic rings. The zero-order valence-electron chi connectivity index (χ0n) is 4.97. The standard InChI is InChI=1S/C4H8NOSSi/c1-8(2)6-3-5-4-7/h3H2,1-2H3. The summed E-state index contributed by atoms with van der Waals surface area (Å²) in [6, 6.07) is 0. The molecule has 2 nitrogen and oxygen atoms in total. The molecule has 0 heterocycles. The lowest BCUT2D eigenvalue weighted by Crippen LogP contribution is -2.06. The Bertz CT molecular complexity index is 100. The third kappa shape index (κ3) is 5.98. The highest BCUT2D eigenvalue weighted by molar-refractivity contribution is 7.78. The van der Waals surface area contributed by atoms with Gasteiger partial charge in [0.05, 0.1) is 5.16 Å². The van der Waals surface area contributed by atoms with E-state index in [1.807, 2.05) is 13.1 Å². The van der Waals surface area contributed by atoms with Crippen LogP contribution < -0.4 is 0 Å². The van der Waals surface area contributed by atoms with Gasteiger partial charge in [-0.2, -0.15) is 0 Å². The summed E-state index contributed by atoms with van der Waals surface area (Å²) in [5.74, 6) is 0. The first-order valence-electron chi connectivity index (χ1n) is 2.24. The summed E-state index contributed by atoms with van der Waals surface area (Å²) in [5.41, 5.74) is 0. The molecule has 0 unspecified atom stereocenters. The average Bonchev–Trinajstić information content (AvgIpc) is 1.66. The fraction of sp³-hybridized carbons (Fsp3) is 0.750. The monoisotopic (exact) mass is 146 g/mol. The second-order valence-electron chi connectivity index (χ2n) is 1.43. The Kier molecular flexibility index (Phi) is 5.11. The van der Waals surface area contributed by atoms with Gasteiger partial charge in [-0.25, -0.2) is 4.99 Å². The number of hydrogen-bond acceptors (Lipinski definition) is 3. The van der Waals surface area contributed by atoms with Crippen molar-refractivity contribution in [1.82, 2.24) is 0 Å². The number of aliphatic imine (C=N–C) groups is 1. The van der Waals surface area contributed by atoms with E-state index in [9.17, 15) is 0 Å². The van der Waals surface area contributed by atoms with Gasteiger partial charge in [0.25, 0.3) is 0 Å². The SMILES string of the molecule is C[Si](C)OCN=C=S. The zero-order valence-corrected chi connectivity index (χ0v) is 6.79. The highest BCUT2D eigenvalue weighted by Gasteiger charge is 1.91. The van der Waals surface area contributed by atoms with Crippen molar-refractivity contribution in [3.05, 3.63) is 0 Å². The first-order chi connectivity index (χ1) is 3.77. The number of rotatable bonds is 3. The van der Waals surface area contributed by atoms with Crippen LogP contribution in [0.5, 0.6) is 0 Å². The molecular weight excluding hydrogens is 138 g/mol. The minimum atomic E-state index is -0.587. The lowest BCUT2D eigenvalue weighted by Gasteiger charge is -1.97. The Labute approximate surface area is 56.3 Å². The molecule has 0 fully saturated rings. The van der Waals surface area contributed by atoms with Crippen molar-refractivity contribution in [3.63, 3.8) is 0 Å². The summed E-state index contributed by atoms with van der Waals surface area (Å²) in [5, 5.41) is 2.22. The van der Waals surface area contributed by atoms with E-state index in [4.69, 9.17) is 4.43 Å². The first kappa shape index (κ1) is 7.98.